The molecule has 0 bridgehead atoms. The Morgan fingerprint density at radius 2 is 2.00 bits per heavy atom. The van der Waals surface area contributed by atoms with E-state index in [4.69, 9.17) is 5.73 Å². The normalized spacial score (nSPS) is 16.9. The van der Waals surface area contributed by atoms with E-state index in [0.717, 1.165) is 0 Å². The first-order valence-electron chi connectivity index (χ1n) is 7.44. The lowest BCUT2D eigenvalue weighted by atomic mass is 9.96. The first-order chi connectivity index (χ1) is 11.0. The number of anilines is 3. The van der Waals surface area contributed by atoms with Gasteiger partial charge in [0.05, 0.1) is 16.9 Å². The van der Waals surface area contributed by atoms with Crippen LogP contribution in [0, 0.1) is 5.92 Å². The van der Waals surface area contributed by atoms with Gasteiger partial charge in [0.15, 0.2) is 0 Å². The van der Waals surface area contributed by atoms with Crippen LogP contribution in [-0.2, 0) is 4.79 Å². The molecule has 1 unspecified atom stereocenters. The maximum absolute atomic E-state index is 13.0. The average molecular weight is 310 g/mol. The molecule has 1 aliphatic heterocycles. The van der Waals surface area contributed by atoms with Crippen molar-refractivity contribution in [2.24, 2.45) is 5.92 Å². The summed E-state index contributed by atoms with van der Waals surface area (Å²) in [6, 6.07) is 9.90. The minimum absolute atomic E-state index is 0.0333. The number of amides is 2. The molecule has 2 aromatic rings. The SMILES string of the molecule is CC(C)C1C(=O)Nc2ccccc2N1C(=O)c1ccc(N)nc1. The average Bonchev–Trinajstić information content (AvgIpc) is 2.53. The van der Waals surface area contributed by atoms with Gasteiger partial charge in [-0.05, 0) is 30.2 Å². The summed E-state index contributed by atoms with van der Waals surface area (Å²) in [4.78, 5) is 31.0. The molecule has 23 heavy (non-hydrogen) atoms. The smallest absolute Gasteiger partial charge is 0.260 e. The molecule has 1 aliphatic rings. The Hall–Kier alpha value is -2.89. The summed E-state index contributed by atoms with van der Waals surface area (Å²) in [7, 11) is 0. The van der Waals surface area contributed by atoms with Crippen molar-refractivity contribution in [2.45, 2.75) is 19.9 Å². The summed E-state index contributed by atoms with van der Waals surface area (Å²) in [5, 5.41) is 2.87. The molecule has 2 amide bonds. The zero-order valence-corrected chi connectivity index (χ0v) is 13.0. The lowest BCUT2D eigenvalue weighted by Crippen LogP contribution is -2.53. The number of carbonyl (C=O) groups is 2. The van der Waals surface area contributed by atoms with E-state index in [1.165, 1.54) is 6.20 Å². The molecule has 0 spiro atoms. The van der Waals surface area contributed by atoms with Gasteiger partial charge in [0.25, 0.3) is 5.91 Å². The van der Waals surface area contributed by atoms with Crippen molar-refractivity contribution >= 4 is 29.0 Å². The number of para-hydroxylation sites is 2. The van der Waals surface area contributed by atoms with E-state index in [0.29, 0.717) is 22.8 Å². The number of pyridine rings is 1. The van der Waals surface area contributed by atoms with Crippen molar-refractivity contribution < 1.29 is 9.59 Å². The van der Waals surface area contributed by atoms with Gasteiger partial charge in [-0.3, -0.25) is 14.5 Å². The van der Waals surface area contributed by atoms with E-state index >= 15 is 0 Å². The van der Waals surface area contributed by atoms with E-state index < -0.39 is 6.04 Å². The van der Waals surface area contributed by atoms with Gasteiger partial charge in [-0.15, -0.1) is 0 Å². The Bertz CT molecular complexity index is 755. The molecule has 1 atom stereocenters. The van der Waals surface area contributed by atoms with E-state index in [9.17, 15) is 9.59 Å². The minimum Gasteiger partial charge on any atom is -0.384 e. The highest BCUT2D eigenvalue weighted by Gasteiger charge is 2.39. The maximum atomic E-state index is 13.0. The van der Waals surface area contributed by atoms with Gasteiger partial charge < -0.3 is 11.1 Å². The third-order valence-electron chi connectivity index (χ3n) is 3.85. The van der Waals surface area contributed by atoms with Crippen LogP contribution in [0.3, 0.4) is 0 Å². The van der Waals surface area contributed by atoms with Crippen molar-refractivity contribution in [1.82, 2.24) is 4.98 Å². The van der Waals surface area contributed by atoms with Crippen molar-refractivity contribution in [3.05, 3.63) is 48.2 Å². The van der Waals surface area contributed by atoms with E-state index in [1.54, 1.807) is 23.1 Å². The molecule has 2 heterocycles. The Morgan fingerprint density at radius 3 is 2.65 bits per heavy atom. The molecule has 0 saturated heterocycles. The van der Waals surface area contributed by atoms with E-state index in [2.05, 4.69) is 10.3 Å². The number of nitrogens with zero attached hydrogens (tertiary/aromatic N) is 2. The minimum atomic E-state index is -0.574. The first-order valence-corrected chi connectivity index (χ1v) is 7.44. The molecule has 0 fully saturated rings. The Balaban J connectivity index is 2.10. The largest absolute Gasteiger partial charge is 0.384 e. The number of nitrogens with two attached hydrogens (primary N) is 1. The highest BCUT2D eigenvalue weighted by atomic mass is 16.2. The molecule has 1 aromatic carbocycles. The summed E-state index contributed by atoms with van der Waals surface area (Å²) in [5.74, 6) is -0.137. The fourth-order valence-electron chi connectivity index (χ4n) is 2.77. The van der Waals surface area contributed by atoms with Gasteiger partial charge in [-0.25, -0.2) is 4.98 Å². The van der Waals surface area contributed by atoms with E-state index in [-0.39, 0.29) is 17.7 Å². The topological polar surface area (TPSA) is 88.3 Å². The molecular weight excluding hydrogens is 292 g/mol. The molecule has 0 aliphatic carbocycles. The monoisotopic (exact) mass is 310 g/mol. The highest BCUT2D eigenvalue weighted by molar-refractivity contribution is 6.16. The molecule has 6 heteroatoms. The Kier molecular flexibility index (Phi) is 3.73. The third kappa shape index (κ3) is 2.63. The molecule has 6 nitrogen and oxygen atoms in total. The number of carbonyl (C=O) groups excluding carboxylic acids is 2. The van der Waals surface area contributed by atoms with Crippen LogP contribution in [0.4, 0.5) is 17.2 Å². The van der Waals surface area contributed by atoms with Gasteiger partial charge >= 0.3 is 0 Å². The van der Waals surface area contributed by atoms with Crippen LogP contribution >= 0.6 is 0 Å². The molecule has 3 N–H and O–H groups in total. The van der Waals surface area contributed by atoms with Crippen LogP contribution in [0.15, 0.2) is 42.6 Å². The summed E-state index contributed by atoms with van der Waals surface area (Å²) < 4.78 is 0. The maximum Gasteiger partial charge on any atom is 0.260 e. The molecule has 0 radical (unpaired) electrons. The van der Waals surface area contributed by atoms with Crippen LogP contribution in [-0.4, -0.2) is 22.8 Å². The highest BCUT2D eigenvalue weighted by Crippen LogP contribution is 2.35. The fourth-order valence-corrected chi connectivity index (χ4v) is 2.77. The predicted molar refractivity (Wildman–Crippen MR) is 89.2 cm³/mol. The van der Waals surface area contributed by atoms with Gasteiger partial charge in [0.1, 0.15) is 11.9 Å². The molecular formula is C17H18N4O2. The molecule has 118 valence electrons. The molecule has 3 rings (SSSR count). The number of benzene rings is 1. The van der Waals surface area contributed by atoms with Crippen LogP contribution < -0.4 is 16.0 Å². The van der Waals surface area contributed by atoms with E-state index in [1.807, 2.05) is 32.0 Å². The van der Waals surface area contributed by atoms with Crippen molar-refractivity contribution in [3.63, 3.8) is 0 Å². The second-order valence-corrected chi connectivity index (χ2v) is 5.84. The lowest BCUT2D eigenvalue weighted by molar-refractivity contribution is -0.118. The standard InChI is InChI=1S/C17H18N4O2/c1-10(2)15-16(22)20-12-5-3-4-6-13(12)21(15)17(23)11-7-8-14(18)19-9-11/h3-10,15H,1-2H3,(H2,18,19)(H,20,22). The molecule has 0 saturated carbocycles. The van der Waals surface area contributed by atoms with Crippen LogP contribution in [0.1, 0.15) is 24.2 Å². The van der Waals surface area contributed by atoms with Gasteiger partial charge in [0, 0.05) is 6.20 Å². The number of nitrogen functional groups attached to an aromatic ring is 1. The first kappa shape index (κ1) is 15.0. The third-order valence-corrected chi connectivity index (χ3v) is 3.85. The summed E-state index contributed by atoms with van der Waals surface area (Å²) in [5.41, 5.74) is 7.30. The Morgan fingerprint density at radius 1 is 1.26 bits per heavy atom. The van der Waals surface area contributed by atoms with Crippen molar-refractivity contribution in [2.75, 3.05) is 16.0 Å². The van der Waals surface area contributed by atoms with Crippen LogP contribution in [0.25, 0.3) is 0 Å². The summed E-state index contributed by atoms with van der Waals surface area (Å²) >= 11 is 0. The van der Waals surface area contributed by atoms with Crippen molar-refractivity contribution in [3.8, 4) is 0 Å². The van der Waals surface area contributed by atoms with Gasteiger partial charge in [0.2, 0.25) is 5.91 Å². The fraction of sp³-hybridized carbons (Fsp3) is 0.235. The summed E-state index contributed by atoms with van der Waals surface area (Å²) in [6.07, 6.45) is 1.43. The number of nitrogens with one attached hydrogen (secondary N) is 1. The van der Waals surface area contributed by atoms with Crippen LogP contribution in [0.2, 0.25) is 0 Å². The zero-order chi connectivity index (χ0) is 16.6. The second kappa shape index (κ2) is 5.72. The zero-order valence-electron chi connectivity index (χ0n) is 13.0. The second-order valence-electron chi connectivity index (χ2n) is 5.84. The predicted octanol–water partition coefficient (Wildman–Crippen LogP) is 2.29. The number of hydrogen-bond acceptors (Lipinski definition) is 4. The quantitative estimate of drug-likeness (QED) is 0.890. The van der Waals surface area contributed by atoms with Crippen molar-refractivity contribution in [1.29, 1.82) is 0 Å². The number of aromatic nitrogens is 1. The van der Waals surface area contributed by atoms with Gasteiger partial charge in [-0.2, -0.15) is 0 Å². The van der Waals surface area contributed by atoms with Crippen LogP contribution in [0.5, 0.6) is 0 Å². The number of fused-ring (bicyclic) bond motifs is 1. The number of rotatable bonds is 2. The summed E-state index contributed by atoms with van der Waals surface area (Å²) in [6.45, 7) is 3.83. The van der Waals surface area contributed by atoms with Gasteiger partial charge in [-0.1, -0.05) is 26.0 Å². The molecule has 1 aromatic heterocycles. The number of hydrogen-bond donors (Lipinski definition) is 2. The lowest BCUT2D eigenvalue weighted by Gasteiger charge is -2.38. The Labute approximate surface area is 134 Å².